The quantitative estimate of drug-likeness (QED) is 0.0887. The molecule has 0 aliphatic carbocycles. The predicted molar refractivity (Wildman–Crippen MR) is 182 cm³/mol. The Hall–Kier alpha value is -4.85. The van der Waals surface area contributed by atoms with Gasteiger partial charge in [0.15, 0.2) is 0 Å². The van der Waals surface area contributed by atoms with Gasteiger partial charge in [-0.15, -0.1) is 5.10 Å². The Labute approximate surface area is 279 Å². The maximum absolute atomic E-state index is 12.8. The molecule has 0 bridgehead atoms. The van der Waals surface area contributed by atoms with E-state index in [4.69, 9.17) is 21.1 Å². The molecule has 0 spiro atoms. The monoisotopic (exact) mass is 661 g/mol. The molecule has 0 aliphatic rings. The fraction of sp³-hybridized carbons (Fsp3) is 0.333. The lowest BCUT2D eigenvalue weighted by atomic mass is 10.0. The van der Waals surface area contributed by atoms with E-state index in [0.717, 1.165) is 49.2 Å². The zero-order chi connectivity index (χ0) is 33.4. The second-order valence-electron chi connectivity index (χ2n) is 10.6. The van der Waals surface area contributed by atoms with E-state index in [2.05, 4.69) is 48.7 Å². The van der Waals surface area contributed by atoms with E-state index in [1.54, 1.807) is 37.6 Å². The van der Waals surface area contributed by atoms with E-state index in [0.29, 0.717) is 34.3 Å². The molecule has 0 saturated carbocycles. The molecule has 4 aromatic rings. The zero-order valence-electron chi connectivity index (χ0n) is 26.7. The van der Waals surface area contributed by atoms with Gasteiger partial charge < -0.3 is 25.4 Å². The average Bonchev–Trinajstić information content (AvgIpc) is 3.62. The lowest BCUT2D eigenvalue weighted by Gasteiger charge is -2.23. The fourth-order valence-corrected chi connectivity index (χ4v) is 4.97. The number of pyridine rings is 1. The number of rotatable bonds is 17. The van der Waals surface area contributed by atoms with Crippen LogP contribution in [0, 0.1) is 0 Å². The lowest BCUT2D eigenvalue weighted by molar-refractivity contribution is -0.116. The number of amides is 2. The summed E-state index contributed by atoms with van der Waals surface area (Å²) < 4.78 is 11.5. The molecule has 2 aromatic carbocycles. The lowest BCUT2D eigenvalue weighted by Crippen LogP contribution is -2.34. The van der Waals surface area contributed by atoms with Crippen LogP contribution in [0.15, 0.2) is 67.1 Å². The molecule has 0 aliphatic heterocycles. The third kappa shape index (κ3) is 10.9. The Balaban J connectivity index is 1.51. The van der Waals surface area contributed by atoms with Crippen molar-refractivity contribution in [2.24, 2.45) is 0 Å². The van der Waals surface area contributed by atoms with Crippen molar-refractivity contribution in [3.8, 4) is 16.8 Å². The highest BCUT2D eigenvalue weighted by Gasteiger charge is 2.15. The van der Waals surface area contributed by atoms with Crippen LogP contribution in [-0.2, 0) is 20.8 Å². The van der Waals surface area contributed by atoms with E-state index >= 15 is 0 Å². The molecular weight excluding hydrogens is 622 g/mol. The van der Waals surface area contributed by atoms with E-state index in [-0.39, 0.29) is 18.5 Å². The molecule has 2 amide bonds. The minimum atomic E-state index is -0.551. The summed E-state index contributed by atoms with van der Waals surface area (Å²) in [4.78, 5) is 29.2. The van der Waals surface area contributed by atoms with Gasteiger partial charge in [-0.25, -0.2) is 4.79 Å². The molecular formula is C33H40ClN9O4. The topological polar surface area (TPSA) is 157 Å². The van der Waals surface area contributed by atoms with Gasteiger partial charge in [-0.3, -0.25) is 15.1 Å². The summed E-state index contributed by atoms with van der Waals surface area (Å²) in [6, 6.07) is 14.9. The molecule has 47 heavy (non-hydrogen) atoms. The first kappa shape index (κ1) is 35.0. The number of carbonyl (C=O) groups excluding carboxylic acids is 2. The molecule has 4 rings (SSSR count). The average molecular weight is 662 g/mol. The highest BCUT2D eigenvalue weighted by atomic mass is 35.5. The minimum absolute atomic E-state index is 0.132. The number of hydrogen-bond donors (Lipinski definition) is 4. The van der Waals surface area contributed by atoms with Crippen molar-refractivity contribution in [2.75, 3.05) is 44.5 Å². The smallest absolute Gasteiger partial charge is 0.411 e. The van der Waals surface area contributed by atoms with Gasteiger partial charge in [0.2, 0.25) is 5.91 Å². The van der Waals surface area contributed by atoms with Crippen LogP contribution in [0.25, 0.3) is 22.9 Å². The number of ether oxygens (including phenoxy) is 2. The highest BCUT2D eigenvalue weighted by molar-refractivity contribution is 6.30. The van der Waals surface area contributed by atoms with Crippen molar-refractivity contribution < 1.29 is 19.1 Å². The van der Waals surface area contributed by atoms with Crippen molar-refractivity contribution in [3.05, 3.63) is 83.4 Å². The molecule has 0 radical (unpaired) electrons. The van der Waals surface area contributed by atoms with Crippen LogP contribution >= 0.6 is 11.6 Å². The first-order chi connectivity index (χ1) is 22.9. The van der Waals surface area contributed by atoms with Crippen LogP contribution in [0.1, 0.15) is 37.4 Å². The first-order valence-corrected chi connectivity index (χ1v) is 15.7. The predicted octanol–water partition coefficient (Wildman–Crippen LogP) is 5.09. The SMILES string of the molecule is CCCC[C@H](CNCCOC)Nc1cc(NC(=O)OC)ccc1-c1ccnc(CNC(=O)/C=C/c2cc(Cl)ccc2-n2cnnn2)c1. The molecule has 248 valence electrons. The molecule has 1 atom stereocenters. The number of nitrogens with one attached hydrogen (secondary N) is 4. The van der Waals surface area contributed by atoms with Gasteiger partial charge in [-0.05, 0) is 71.0 Å². The van der Waals surface area contributed by atoms with Crippen LogP contribution < -0.4 is 21.3 Å². The molecule has 2 aromatic heterocycles. The van der Waals surface area contributed by atoms with E-state index in [9.17, 15) is 9.59 Å². The first-order valence-electron chi connectivity index (χ1n) is 15.3. The van der Waals surface area contributed by atoms with Crippen molar-refractivity contribution in [1.82, 2.24) is 35.8 Å². The summed E-state index contributed by atoms with van der Waals surface area (Å²) in [6.07, 6.45) is 8.79. The number of benzene rings is 2. The third-order valence-corrected chi connectivity index (χ3v) is 7.40. The number of anilines is 2. The number of hydrogen-bond acceptors (Lipinski definition) is 10. The van der Waals surface area contributed by atoms with Gasteiger partial charge in [0.25, 0.3) is 0 Å². The van der Waals surface area contributed by atoms with Crippen molar-refractivity contribution in [1.29, 1.82) is 0 Å². The number of carbonyl (C=O) groups is 2. The second kappa shape index (κ2) is 18.3. The fourth-order valence-electron chi connectivity index (χ4n) is 4.79. The molecule has 14 heteroatoms. The Morgan fingerprint density at radius 3 is 2.74 bits per heavy atom. The molecule has 2 heterocycles. The number of halogens is 1. The van der Waals surface area contributed by atoms with Gasteiger partial charge in [-0.1, -0.05) is 37.4 Å². The number of methoxy groups -OCH3 is 2. The maximum Gasteiger partial charge on any atom is 0.411 e. The van der Waals surface area contributed by atoms with Crippen LogP contribution in [-0.4, -0.2) is 77.1 Å². The summed E-state index contributed by atoms with van der Waals surface area (Å²) >= 11 is 6.19. The highest BCUT2D eigenvalue weighted by Crippen LogP contribution is 2.32. The number of aromatic nitrogens is 5. The molecule has 0 unspecified atom stereocenters. The van der Waals surface area contributed by atoms with Gasteiger partial charge >= 0.3 is 6.09 Å². The van der Waals surface area contributed by atoms with Gasteiger partial charge in [-0.2, -0.15) is 4.68 Å². The molecule has 4 N–H and O–H groups in total. The second-order valence-corrected chi connectivity index (χ2v) is 11.0. The van der Waals surface area contributed by atoms with E-state index < -0.39 is 6.09 Å². The van der Waals surface area contributed by atoms with Crippen LogP contribution in [0.4, 0.5) is 16.2 Å². The van der Waals surface area contributed by atoms with E-state index in [1.807, 2.05) is 30.3 Å². The van der Waals surface area contributed by atoms with Gasteiger partial charge in [0.1, 0.15) is 6.33 Å². The summed E-state index contributed by atoms with van der Waals surface area (Å²) in [6.45, 7) is 4.48. The standard InChI is InChI=1S/C33H40ClN9O4/c1-4-5-6-27(20-35-15-16-46-2)39-30-19-26(40-33(45)47-3)9-10-29(30)23-13-14-36-28(18-23)21-37-32(44)12-7-24-17-25(34)8-11-31(24)43-22-38-41-42-43/h7-14,17-19,22,27,35,39H,4-6,15-16,20-21H2,1-3H3,(H,37,44)(H,40,45)/b12-7+/t27-/m1/s1. The summed E-state index contributed by atoms with van der Waals surface area (Å²) in [5.74, 6) is -0.305. The summed E-state index contributed by atoms with van der Waals surface area (Å²) in [5.41, 5.74) is 5.30. The van der Waals surface area contributed by atoms with Gasteiger partial charge in [0, 0.05) is 66.0 Å². The maximum atomic E-state index is 12.8. The Kier molecular flexibility index (Phi) is 13.7. The largest absolute Gasteiger partial charge is 0.453 e. The zero-order valence-corrected chi connectivity index (χ0v) is 27.5. The Morgan fingerprint density at radius 1 is 1.11 bits per heavy atom. The Bertz CT molecular complexity index is 1630. The Morgan fingerprint density at radius 2 is 1.98 bits per heavy atom. The molecule has 0 fully saturated rings. The normalized spacial score (nSPS) is 11.7. The number of unbranched alkanes of at least 4 members (excludes halogenated alkanes) is 1. The summed E-state index contributed by atoms with van der Waals surface area (Å²) in [7, 11) is 3.01. The minimum Gasteiger partial charge on any atom is -0.453 e. The van der Waals surface area contributed by atoms with Crippen molar-refractivity contribution >= 4 is 41.1 Å². The van der Waals surface area contributed by atoms with Crippen LogP contribution in [0.2, 0.25) is 5.02 Å². The number of nitrogens with zero attached hydrogens (tertiary/aromatic N) is 5. The van der Waals surface area contributed by atoms with Gasteiger partial charge in [0.05, 0.1) is 31.6 Å². The van der Waals surface area contributed by atoms with Crippen LogP contribution in [0.3, 0.4) is 0 Å². The molecule has 0 saturated heterocycles. The molecule has 13 nitrogen and oxygen atoms in total. The van der Waals surface area contributed by atoms with E-state index in [1.165, 1.54) is 24.2 Å². The third-order valence-electron chi connectivity index (χ3n) is 7.16. The van der Waals surface area contributed by atoms with Crippen LogP contribution in [0.5, 0.6) is 0 Å². The van der Waals surface area contributed by atoms with Crippen molar-refractivity contribution in [3.63, 3.8) is 0 Å². The van der Waals surface area contributed by atoms with Crippen molar-refractivity contribution in [2.45, 2.75) is 38.8 Å². The summed E-state index contributed by atoms with van der Waals surface area (Å²) in [5, 5.41) is 24.6. The number of tetrazole rings is 1.